The van der Waals surface area contributed by atoms with E-state index in [9.17, 15) is 5.11 Å². The standard InChI is InChI=1S/C57H108OS2/c1-6-11-16-21-26-31-36-41-46-56(59,47-42-37-32-27-22-17-12-7-2)53-50-52(45-40-35-30-25-20-15-10-5)51-54(55(53)58)57(60,48-43-38-33-28-23-18-13-8-3)49-44-39-34-29-24-19-14-9-4/h50-51,58-60H,6-49H2,1-5H3. The SMILES string of the molecule is CCCCCCCCCCC(S)(CCCCCCCCCC)c1cc(CCCCCCCCC)cc(C(S)(CCCCCCCCCC)CCCCCCCCCC)c1O. The number of phenols is 1. The first-order chi connectivity index (χ1) is 29.3. The second kappa shape index (κ2) is 40.2. The molecule has 1 aromatic carbocycles. The maximum absolute atomic E-state index is 12.8. The predicted octanol–water partition coefficient (Wildman–Crippen LogP) is 21.1. The number of rotatable bonds is 46. The molecular weight excluding hydrogens is 765 g/mol. The first-order valence-corrected chi connectivity index (χ1v) is 28.5. The fraction of sp³-hybridized carbons (Fsp3) is 0.895. The lowest BCUT2D eigenvalue weighted by molar-refractivity contribution is 0.395. The smallest absolute Gasteiger partial charge is 0.124 e. The van der Waals surface area contributed by atoms with E-state index in [-0.39, 0.29) is 9.49 Å². The summed E-state index contributed by atoms with van der Waals surface area (Å²) in [7, 11) is 0. The lowest BCUT2D eigenvalue weighted by Gasteiger charge is -2.36. The van der Waals surface area contributed by atoms with Crippen molar-refractivity contribution in [2.45, 2.75) is 327 Å². The third kappa shape index (κ3) is 28.5. The average Bonchev–Trinajstić information content (AvgIpc) is 3.24. The van der Waals surface area contributed by atoms with Gasteiger partial charge in [-0.2, -0.15) is 25.3 Å². The third-order valence-corrected chi connectivity index (χ3v) is 15.4. The summed E-state index contributed by atoms with van der Waals surface area (Å²) in [5.41, 5.74) is 3.73. The van der Waals surface area contributed by atoms with Gasteiger partial charge in [-0.25, -0.2) is 0 Å². The van der Waals surface area contributed by atoms with Crippen LogP contribution in [0.2, 0.25) is 0 Å². The summed E-state index contributed by atoms with van der Waals surface area (Å²) in [4.78, 5) is 0. The monoisotopic (exact) mass is 873 g/mol. The Morgan fingerprint density at radius 2 is 0.517 bits per heavy atom. The molecule has 0 heterocycles. The maximum Gasteiger partial charge on any atom is 0.124 e. The Bertz CT molecular complexity index is 955. The van der Waals surface area contributed by atoms with Crippen molar-refractivity contribution >= 4 is 25.3 Å². The predicted molar refractivity (Wildman–Crippen MR) is 280 cm³/mol. The molecule has 0 amide bonds. The summed E-state index contributed by atoms with van der Waals surface area (Å²) in [6.45, 7) is 11.6. The van der Waals surface area contributed by atoms with Gasteiger partial charge in [-0.1, -0.05) is 291 Å². The summed E-state index contributed by atoms with van der Waals surface area (Å²) < 4.78 is -0.601. The van der Waals surface area contributed by atoms with Crippen LogP contribution in [0.1, 0.15) is 327 Å². The van der Waals surface area contributed by atoms with Crippen LogP contribution in [-0.4, -0.2) is 5.11 Å². The van der Waals surface area contributed by atoms with Crippen molar-refractivity contribution in [3.05, 3.63) is 28.8 Å². The van der Waals surface area contributed by atoms with E-state index in [1.165, 1.54) is 256 Å². The lowest BCUT2D eigenvalue weighted by atomic mass is 9.79. The minimum absolute atomic E-state index is 0.301. The van der Waals surface area contributed by atoms with E-state index in [1.807, 2.05) is 0 Å². The number of hydrogen-bond donors (Lipinski definition) is 3. The number of thiol groups is 2. The molecule has 1 nitrogen and oxygen atoms in total. The van der Waals surface area contributed by atoms with E-state index in [4.69, 9.17) is 25.3 Å². The van der Waals surface area contributed by atoms with Crippen molar-refractivity contribution in [1.29, 1.82) is 0 Å². The summed E-state index contributed by atoms with van der Waals surface area (Å²) in [6.07, 6.45) is 57.2. The summed E-state index contributed by atoms with van der Waals surface area (Å²) in [6, 6.07) is 4.89. The molecule has 1 N–H and O–H groups in total. The van der Waals surface area contributed by atoms with Crippen molar-refractivity contribution in [1.82, 2.24) is 0 Å². The first-order valence-electron chi connectivity index (χ1n) is 27.6. The molecule has 0 atom stereocenters. The minimum Gasteiger partial charge on any atom is -0.507 e. The maximum atomic E-state index is 12.8. The Morgan fingerprint density at radius 3 is 0.750 bits per heavy atom. The number of aryl methyl sites for hydroxylation is 1. The van der Waals surface area contributed by atoms with Crippen molar-refractivity contribution in [3.8, 4) is 5.75 Å². The van der Waals surface area contributed by atoms with Gasteiger partial charge in [-0.15, -0.1) is 0 Å². The Labute approximate surface area is 389 Å². The van der Waals surface area contributed by atoms with Crippen LogP contribution in [0.5, 0.6) is 5.75 Å². The van der Waals surface area contributed by atoms with E-state index in [2.05, 4.69) is 46.8 Å². The minimum atomic E-state index is -0.301. The van der Waals surface area contributed by atoms with Gasteiger partial charge in [0.15, 0.2) is 0 Å². The van der Waals surface area contributed by atoms with E-state index >= 15 is 0 Å². The Balaban J connectivity index is 3.46. The molecule has 0 aliphatic heterocycles. The molecule has 0 fully saturated rings. The van der Waals surface area contributed by atoms with E-state index in [0.717, 1.165) is 43.2 Å². The Hall–Kier alpha value is -0.280. The van der Waals surface area contributed by atoms with Gasteiger partial charge in [0.05, 0.1) is 0 Å². The van der Waals surface area contributed by atoms with Gasteiger partial charge in [-0.3, -0.25) is 0 Å². The second-order valence-corrected chi connectivity index (χ2v) is 21.6. The highest BCUT2D eigenvalue weighted by molar-refractivity contribution is 7.81. The number of phenolic OH excluding ortho intramolecular Hbond substituents is 1. The normalized spacial score (nSPS) is 12.2. The fourth-order valence-corrected chi connectivity index (χ4v) is 10.8. The molecule has 1 rings (SSSR count). The zero-order valence-electron chi connectivity index (χ0n) is 41.6. The molecule has 0 aliphatic rings. The average molecular weight is 874 g/mol. The molecule has 0 unspecified atom stereocenters. The van der Waals surface area contributed by atoms with E-state index < -0.39 is 0 Å². The number of benzene rings is 1. The largest absolute Gasteiger partial charge is 0.507 e. The molecule has 0 bridgehead atoms. The van der Waals surface area contributed by atoms with Crippen LogP contribution in [0.3, 0.4) is 0 Å². The molecule has 1 aromatic rings. The van der Waals surface area contributed by atoms with Crippen LogP contribution in [0.4, 0.5) is 0 Å². The first kappa shape index (κ1) is 57.7. The van der Waals surface area contributed by atoms with Gasteiger partial charge < -0.3 is 5.11 Å². The van der Waals surface area contributed by atoms with Crippen molar-refractivity contribution in [2.24, 2.45) is 0 Å². The summed E-state index contributed by atoms with van der Waals surface area (Å²) in [5, 5.41) is 12.8. The molecule has 0 saturated heterocycles. The molecule has 60 heavy (non-hydrogen) atoms. The molecule has 354 valence electrons. The molecular formula is C57H108OS2. The molecule has 0 aliphatic carbocycles. The van der Waals surface area contributed by atoms with Gasteiger partial charge in [0, 0.05) is 20.6 Å². The summed E-state index contributed by atoms with van der Waals surface area (Å²) >= 11 is 11.5. The highest BCUT2D eigenvalue weighted by Crippen LogP contribution is 2.51. The molecule has 0 spiro atoms. The summed E-state index contributed by atoms with van der Waals surface area (Å²) in [5.74, 6) is 0.557. The van der Waals surface area contributed by atoms with Crippen LogP contribution in [0.25, 0.3) is 0 Å². The van der Waals surface area contributed by atoms with Gasteiger partial charge in [0.25, 0.3) is 0 Å². The van der Waals surface area contributed by atoms with Crippen molar-refractivity contribution in [2.75, 3.05) is 0 Å². The van der Waals surface area contributed by atoms with Crippen molar-refractivity contribution < 1.29 is 5.11 Å². The van der Waals surface area contributed by atoms with Gasteiger partial charge >= 0.3 is 0 Å². The van der Waals surface area contributed by atoms with Gasteiger partial charge in [0.2, 0.25) is 0 Å². The van der Waals surface area contributed by atoms with Crippen molar-refractivity contribution in [3.63, 3.8) is 0 Å². The van der Waals surface area contributed by atoms with Crippen LogP contribution >= 0.6 is 25.3 Å². The molecule has 0 radical (unpaired) electrons. The third-order valence-electron chi connectivity index (χ3n) is 14.0. The molecule has 3 heteroatoms. The van der Waals surface area contributed by atoms with Gasteiger partial charge in [0.1, 0.15) is 5.75 Å². The number of aromatic hydroxyl groups is 1. The van der Waals surface area contributed by atoms with Gasteiger partial charge in [-0.05, 0) is 44.1 Å². The Kier molecular flexibility index (Phi) is 38.7. The zero-order chi connectivity index (χ0) is 43.8. The molecule has 0 aromatic heterocycles. The highest BCUT2D eigenvalue weighted by Gasteiger charge is 2.36. The number of hydrogen-bond acceptors (Lipinski definition) is 3. The van der Waals surface area contributed by atoms with E-state index in [0.29, 0.717) is 5.75 Å². The highest BCUT2D eigenvalue weighted by atomic mass is 32.1. The second-order valence-electron chi connectivity index (χ2n) is 19.9. The number of unbranched alkanes of at least 4 members (excludes halogenated alkanes) is 34. The fourth-order valence-electron chi connectivity index (χ4n) is 9.83. The zero-order valence-corrected chi connectivity index (χ0v) is 43.4. The quantitative estimate of drug-likeness (QED) is 0.0440. The molecule has 0 saturated carbocycles. The lowest BCUT2D eigenvalue weighted by Crippen LogP contribution is -2.24. The van der Waals surface area contributed by atoms with E-state index in [1.54, 1.807) is 0 Å². The van der Waals surface area contributed by atoms with Crippen LogP contribution in [0, 0.1) is 0 Å². The topological polar surface area (TPSA) is 20.2 Å². The Morgan fingerprint density at radius 1 is 0.317 bits per heavy atom. The van der Waals surface area contributed by atoms with Crippen LogP contribution in [0.15, 0.2) is 12.1 Å². The van der Waals surface area contributed by atoms with Crippen LogP contribution in [-0.2, 0) is 15.9 Å². The van der Waals surface area contributed by atoms with Crippen LogP contribution < -0.4 is 0 Å².